The number of hydrogen-bond acceptors (Lipinski definition) is 5. The van der Waals surface area contributed by atoms with Gasteiger partial charge in [0.2, 0.25) is 0 Å². The van der Waals surface area contributed by atoms with Gasteiger partial charge in [0.05, 0.1) is 4.92 Å². The Balaban J connectivity index is 3.04. The second kappa shape index (κ2) is 5.32. The lowest BCUT2D eigenvalue weighted by molar-refractivity contribution is -0.384. The predicted molar refractivity (Wildman–Crippen MR) is 66.2 cm³/mol. The van der Waals surface area contributed by atoms with Crippen LogP contribution in [0.1, 0.15) is 0 Å². The molecule has 0 saturated carbocycles. The van der Waals surface area contributed by atoms with Gasteiger partial charge >= 0.3 is 0 Å². The maximum Gasteiger partial charge on any atom is 0.300 e. The van der Waals surface area contributed by atoms with Crippen molar-refractivity contribution in [1.82, 2.24) is 4.72 Å². The Bertz CT molecular complexity index is 566. The lowest BCUT2D eigenvalue weighted by atomic mass is 10.6. The zero-order valence-corrected chi connectivity index (χ0v) is 11.3. The first-order chi connectivity index (χ1) is 7.74. The summed E-state index contributed by atoms with van der Waals surface area (Å²) in [6.07, 6.45) is 0. The number of sulfonamides is 1. The van der Waals surface area contributed by atoms with Gasteiger partial charge < -0.3 is 0 Å². The van der Waals surface area contributed by atoms with Crippen LogP contribution in [0.25, 0.3) is 0 Å². The van der Waals surface area contributed by atoms with Crippen LogP contribution in [0.4, 0.5) is 5.69 Å². The Morgan fingerprint density at radius 1 is 1.65 bits per heavy atom. The molecule has 0 aliphatic heterocycles. The van der Waals surface area contributed by atoms with Crippen LogP contribution in [-0.4, -0.2) is 19.9 Å². The van der Waals surface area contributed by atoms with Gasteiger partial charge in [-0.1, -0.05) is 29.8 Å². The highest BCUT2D eigenvalue weighted by molar-refractivity contribution is 7.91. The summed E-state index contributed by atoms with van der Waals surface area (Å²) >= 11 is 11.6. The SMILES string of the molecule is C=C(Cl)CNS(=O)(=O)c1cc([N+](=O)[O-])c(Cl)s1. The molecule has 0 atom stereocenters. The van der Waals surface area contributed by atoms with Crippen molar-refractivity contribution in [2.24, 2.45) is 0 Å². The Kier molecular flexibility index (Phi) is 4.50. The van der Waals surface area contributed by atoms with E-state index in [1.165, 1.54) is 0 Å². The Morgan fingerprint density at radius 2 is 2.24 bits per heavy atom. The van der Waals surface area contributed by atoms with Gasteiger partial charge in [0, 0.05) is 17.6 Å². The summed E-state index contributed by atoms with van der Waals surface area (Å²) in [5.41, 5.74) is -0.443. The molecule has 0 aliphatic carbocycles. The van der Waals surface area contributed by atoms with Crippen LogP contribution in [0.5, 0.6) is 0 Å². The van der Waals surface area contributed by atoms with Gasteiger partial charge in [-0.3, -0.25) is 10.1 Å². The van der Waals surface area contributed by atoms with Crippen LogP contribution in [0.15, 0.2) is 21.9 Å². The van der Waals surface area contributed by atoms with Crippen molar-refractivity contribution in [1.29, 1.82) is 0 Å². The predicted octanol–water partition coefficient (Wildman–Crippen LogP) is 2.34. The van der Waals surface area contributed by atoms with E-state index in [9.17, 15) is 18.5 Å². The first-order valence-corrected chi connectivity index (χ1v) is 7.06. The topological polar surface area (TPSA) is 89.3 Å². The van der Waals surface area contributed by atoms with Crippen molar-refractivity contribution >= 4 is 50.2 Å². The monoisotopic (exact) mass is 316 g/mol. The summed E-state index contributed by atoms with van der Waals surface area (Å²) < 4.78 is 25.0. The summed E-state index contributed by atoms with van der Waals surface area (Å²) in [6, 6.07) is 0.895. The van der Waals surface area contributed by atoms with Crippen molar-refractivity contribution in [3.63, 3.8) is 0 Å². The van der Waals surface area contributed by atoms with E-state index in [2.05, 4.69) is 11.3 Å². The second-order valence-corrected chi connectivity index (χ2v) is 7.01. The molecular weight excluding hydrogens is 311 g/mol. The maximum absolute atomic E-state index is 11.6. The molecule has 0 amide bonds. The molecule has 0 radical (unpaired) electrons. The van der Waals surface area contributed by atoms with Crippen LogP contribution in [0.2, 0.25) is 4.34 Å². The highest BCUT2D eigenvalue weighted by atomic mass is 35.5. The van der Waals surface area contributed by atoms with Crippen LogP contribution >= 0.6 is 34.5 Å². The van der Waals surface area contributed by atoms with Gasteiger partial charge in [-0.25, -0.2) is 13.1 Å². The molecule has 1 aromatic rings. The third kappa shape index (κ3) is 3.65. The van der Waals surface area contributed by atoms with E-state index in [-0.39, 0.29) is 20.1 Å². The van der Waals surface area contributed by atoms with Crippen molar-refractivity contribution < 1.29 is 13.3 Å². The van der Waals surface area contributed by atoms with Crippen molar-refractivity contribution in [2.45, 2.75) is 4.21 Å². The number of halogens is 2. The first kappa shape index (κ1) is 14.4. The summed E-state index contributed by atoms with van der Waals surface area (Å²) in [4.78, 5) is 9.75. The van der Waals surface area contributed by atoms with E-state index in [4.69, 9.17) is 23.2 Å². The zero-order chi connectivity index (χ0) is 13.2. The molecule has 6 nitrogen and oxygen atoms in total. The third-order valence-electron chi connectivity index (χ3n) is 1.56. The molecule has 0 saturated heterocycles. The molecule has 0 bridgehead atoms. The number of nitro groups is 1. The lowest BCUT2D eigenvalue weighted by Gasteiger charge is -2.01. The Labute approximate surface area is 111 Å². The summed E-state index contributed by atoms with van der Waals surface area (Å²) in [7, 11) is -3.86. The molecule has 1 aromatic heterocycles. The van der Waals surface area contributed by atoms with E-state index in [0.717, 1.165) is 6.07 Å². The average molecular weight is 317 g/mol. The summed E-state index contributed by atoms with van der Waals surface area (Å²) in [6.45, 7) is 3.15. The van der Waals surface area contributed by atoms with E-state index < -0.39 is 20.6 Å². The van der Waals surface area contributed by atoms with Crippen LogP contribution < -0.4 is 4.72 Å². The standard InChI is InChI=1S/C7H6Cl2N2O4S2/c1-4(8)3-10-17(14,15)6-2-5(11(12)13)7(9)16-6/h2,10H,1,3H2. The maximum atomic E-state index is 11.6. The van der Waals surface area contributed by atoms with E-state index in [1.807, 2.05) is 0 Å². The highest BCUT2D eigenvalue weighted by Gasteiger charge is 2.24. The number of nitrogens with one attached hydrogen (secondary N) is 1. The first-order valence-electron chi connectivity index (χ1n) is 4.00. The molecule has 0 spiro atoms. The third-order valence-corrected chi connectivity index (χ3v) is 4.91. The molecule has 1 heterocycles. The van der Waals surface area contributed by atoms with E-state index in [1.54, 1.807) is 0 Å². The van der Waals surface area contributed by atoms with E-state index >= 15 is 0 Å². The number of nitrogens with zero attached hydrogens (tertiary/aromatic N) is 1. The highest BCUT2D eigenvalue weighted by Crippen LogP contribution is 2.36. The fourth-order valence-electron chi connectivity index (χ4n) is 0.840. The molecule has 0 aromatic carbocycles. The normalized spacial score (nSPS) is 11.4. The largest absolute Gasteiger partial charge is 0.300 e. The molecule has 0 aliphatic rings. The molecule has 17 heavy (non-hydrogen) atoms. The van der Waals surface area contributed by atoms with Gasteiger partial charge in [0.15, 0.2) is 4.34 Å². The van der Waals surface area contributed by atoms with Gasteiger partial charge in [-0.15, -0.1) is 11.3 Å². The van der Waals surface area contributed by atoms with Crippen molar-refractivity contribution in [2.75, 3.05) is 6.54 Å². The number of rotatable bonds is 5. The van der Waals surface area contributed by atoms with Gasteiger partial charge in [0.1, 0.15) is 4.21 Å². The van der Waals surface area contributed by atoms with Gasteiger partial charge in [0.25, 0.3) is 15.7 Å². The molecule has 1 rings (SSSR count). The number of thiophene rings is 1. The quantitative estimate of drug-likeness (QED) is 0.667. The van der Waals surface area contributed by atoms with Gasteiger partial charge in [-0.05, 0) is 0 Å². The average Bonchev–Trinajstić information content (AvgIpc) is 2.58. The minimum atomic E-state index is -3.86. The second-order valence-electron chi connectivity index (χ2n) is 2.82. The molecule has 10 heteroatoms. The van der Waals surface area contributed by atoms with Crippen molar-refractivity contribution in [3.8, 4) is 0 Å². The fraction of sp³-hybridized carbons (Fsp3) is 0.143. The Hall–Kier alpha value is -0.670. The Morgan fingerprint density at radius 3 is 2.65 bits per heavy atom. The minimum absolute atomic E-state index is 0.103. The molecular formula is C7H6Cl2N2O4S2. The molecule has 0 fully saturated rings. The van der Waals surface area contributed by atoms with E-state index in [0.29, 0.717) is 11.3 Å². The van der Waals surface area contributed by atoms with Crippen LogP contribution in [0.3, 0.4) is 0 Å². The van der Waals surface area contributed by atoms with Gasteiger partial charge in [-0.2, -0.15) is 0 Å². The molecule has 94 valence electrons. The summed E-state index contributed by atoms with van der Waals surface area (Å²) in [5, 5.41) is 10.6. The molecule has 0 unspecified atom stereocenters. The summed E-state index contributed by atoms with van der Waals surface area (Å²) in [5.74, 6) is 0. The van der Waals surface area contributed by atoms with Crippen LogP contribution in [0, 0.1) is 10.1 Å². The number of hydrogen-bond donors (Lipinski definition) is 1. The van der Waals surface area contributed by atoms with Crippen molar-refractivity contribution in [3.05, 3.63) is 32.1 Å². The minimum Gasteiger partial charge on any atom is -0.258 e. The van der Waals surface area contributed by atoms with Crippen LogP contribution in [-0.2, 0) is 10.0 Å². The smallest absolute Gasteiger partial charge is 0.258 e. The lowest BCUT2D eigenvalue weighted by Crippen LogP contribution is -2.23. The fourth-order valence-corrected chi connectivity index (χ4v) is 3.72. The zero-order valence-electron chi connectivity index (χ0n) is 8.14. The molecule has 1 N–H and O–H groups in total.